The summed E-state index contributed by atoms with van der Waals surface area (Å²) in [5, 5.41) is 9.25. The molecule has 1 spiro atoms. The molecule has 2 aromatic rings. The van der Waals surface area contributed by atoms with Crippen LogP contribution in [0.3, 0.4) is 0 Å². The maximum atomic E-state index is 12.1. The van der Waals surface area contributed by atoms with Gasteiger partial charge in [0.15, 0.2) is 11.5 Å². The number of β-amino-alcohol motifs (C(OH)–C–C–N with tert-alkyl or cyclic N) is 1. The summed E-state index contributed by atoms with van der Waals surface area (Å²) in [5.74, 6) is -0.100. The quantitative estimate of drug-likeness (QED) is 0.410. The highest BCUT2D eigenvalue weighted by molar-refractivity contribution is 7.13. The molecule has 10 nitrogen and oxygen atoms in total. The van der Waals surface area contributed by atoms with Crippen molar-refractivity contribution in [2.45, 2.75) is 109 Å². The minimum absolute atomic E-state index is 0.0463. The van der Waals surface area contributed by atoms with Gasteiger partial charge in [0, 0.05) is 44.5 Å². The Bertz CT molecular complexity index is 1290. The molecule has 12 heteroatoms. The van der Waals surface area contributed by atoms with Crippen LogP contribution < -0.4 is 16.2 Å². The maximum Gasteiger partial charge on any atom is 0.255 e. The number of ether oxygens (including phenoxy) is 3. The maximum absolute atomic E-state index is 12.1. The van der Waals surface area contributed by atoms with Crippen molar-refractivity contribution in [3.05, 3.63) is 35.0 Å². The van der Waals surface area contributed by atoms with Crippen LogP contribution in [-0.4, -0.2) is 76.8 Å². The number of primary amides is 1. The topological polar surface area (TPSA) is 150 Å². The molecular weight excluding hydrogens is 599 g/mol. The van der Waals surface area contributed by atoms with Crippen molar-refractivity contribution in [2.75, 3.05) is 26.3 Å². The number of carbonyl (C=O) groups is 2. The van der Waals surface area contributed by atoms with E-state index in [0.29, 0.717) is 45.6 Å². The number of benzene rings is 1. The summed E-state index contributed by atoms with van der Waals surface area (Å²) in [6.07, 6.45) is 5.49. The van der Waals surface area contributed by atoms with Gasteiger partial charge in [-0.05, 0) is 56.1 Å². The van der Waals surface area contributed by atoms with E-state index in [1.54, 1.807) is 16.2 Å². The van der Waals surface area contributed by atoms with Crippen LogP contribution in [0.1, 0.15) is 83.4 Å². The molecule has 2 aliphatic heterocycles. The van der Waals surface area contributed by atoms with Gasteiger partial charge in [0.1, 0.15) is 5.75 Å². The fraction of sp³-hybridized carbons (Fsp3) is 0.667. The zero-order valence-corrected chi connectivity index (χ0v) is 27.8. The highest BCUT2D eigenvalue weighted by Gasteiger charge is 2.49. The zero-order chi connectivity index (χ0) is 32.8. The van der Waals surface area contributed by atoms with E-state index in [9.17, 15) is 19.1 Å². The summed E-state index contributed by atoms with van der Waals surface area (Å²) >= 11 is 1.65. The van der Waals surface area contributed by atoms with E-state index in [2.05, 4.69) is 49.7 Å². The van der Waals surface area contributed by atoms with E-state index < -0.39 is 11.6 Å². The molecule has 4 fully saturated rings. The van der Waals surface area contributed by atoms with Gasteiger partial charge < -0.3 is 35.7 Å². The van der Waals surface area contributed by atoms with Crippen LogP contribution in [0, 0.1) is 12.3 Å². The van der Waals surface area contributed by atoms with Gasteiger partial charge in [-0.2, -0.15) is 0 Å². The van der Waals surface area contributed by atoms with E-state index in [0.717, 1.165) is 61.2 Å². The van der Waals surface area contributed by atoms with Crippen LogP contribution in [0.2, 0.25) is 0 Å². The second kappa shape index (κ2) is 14.8. The average Bonchev–Trinajstić information content (AvgIpc) is 3.31. The molecule has 5 N–H and O–H groups in total. The number of aliphatic hydroxyl groups is 1. The summed E-state index contributed by atoms with van der Waals surface area (Å²) < 4.78 is 30.1. The zero-order valence-electron chi connectivity index (χ0n) is 27.0. The Labute approximate surface area is 269 Å². The molecule has 4 aliphatic rings. The lowest BCUT2D eigenvalue weighted by molar-refractivity contribution is -0.186. The number of aromatic nitrogens is 1. The monoisotopic (exact) mass is 648 g/mol. The first kappa shape index (κ1) is 35.2. The summed E-state index contributed by atoms with van der Waals surface area (Å²) in [7, 11) is 0. The molecule has 1 unspecified atom stereocenters. The Kier molecular flexibility index (Phi) is 11.6. The third-order valence-corrected chi connectivity index (χ3v) is 9.40. The number of rotatable bonds is 6. The number of aryl methyl sites for hydroxylation is 1. The number of thiazole rings is 1. The molecule has 0 radical (unpaired) electrons. The van der Waals surface area contributed by atoms with Crippen LogP contribution in [0.4, 0.5) is 4.39 Å². The van der Waals surface area contributed by atoms with E-state index in [4.69, 9.17) is 19.9 Å². The Morgan fingerprint density at radius 1 is 1.16 bits per heavy atom. The highest BCUT2D eigenvalue weighted by atomic mass is 32.1. The summed E-state index contributed by atoms with van der Waals surface area (Å²) in [5.41, 5.74) is 14.1. The molecule has 1 aromatic carbocycles. The Morgan fingerprint density at radius 2 is 1.82 bits per heavy atom. The van der Waals surface area contributed by atoms with E-state index in [-0.39, 0.29) is 29.3 Å². The average molecular weight is 649 g/mol. The van der Waals surface area contributed by atoms with Gasteiger partial charge in [-0.15, -0.1) is 11.3 Å². The number of amides is 2. The van der Waals surface area contributed by atoms with Gasteiger partial charge in [-0.25, -0.2) is 9.37 Å². The number of carbonyl (C=O) groups excluding carboxylic acids is 2. The predicted molar refractivity (Wildman–Crippen MR) is 171 cm³/mol. The Hall–Kier alpha value is -2.64. The first-order chi connectivity index (χ1) is 21.2. The SMILES string of the molecule is CC(C)(C)CC(=O)N1CCC(O)C1.Cc1ncsc1-c1ccc(CN)c(OC2CCC3(CC2)OCCO3)c1.NC(=O)C1(F)CC1. The number of halogens is 1. The number of nitrogens with two attached hydrogens (primary N) is 2. The number of hydrogen-bond donors (Lipinski definition) is 3. The lowest BCUT2D eigenvalue weighted by Gasteiger charge is -2.35. The largest absolute Gasteiger partial charge is 0.490 e. The predicted octanol–water partition coefficient (Wildman–Crippen LogP) is 4.63. The first-order valence-electron chi connectivity index (χ1n) is 15.9. The van der Waals surface area contributed by atoms with E-state index >= 15 is 0 Å². The van der Waals surface area contributed by atoms with Crippen LogP contribution in [0.15, 0.2) is 23.7 Å². The highest BCUT2D eigenvalue weighted by Crippen LogP contribution is 2.39. The number of aliphatic hydroxyl groups excluding tert-OH is 1. The number of nitrogens with zero attached hydrogens (tertiary/aromatic N) is 2. The van der Waals surface area contributed by atoms with E-state index in [1.807, 2.05) is 12.4 Å². The normalized spacial score (nSPS) is 21.8. The molecule has 2 amide bonds. The van der Waals surface area contributed by atoms with Gasteiger partial charge in [0.25, 0.3) is 5.91 Å². The molecule has 2 saturated heterocycles. The molecule has 0 bridgehead atoms. The molecule has 3 heterocycles. The number of alkyl halides is 1. The van der Waals surface area contributed by atoms with Gasteiger partial charge >= 0.3 is 0 Å². The van der Waals surface area contributed by atoms with Crippen molar-refractivity contribution in [1.29, 1.82) is 0 Å². The lowest BCUT2D eigenvalue weighted by atomic mass is 9.91. The van der Waals surface area contributed by atoms with Crippen molar-refractivity contribution in [3.8, 4) is 16.2 Å². The van der Waals surface area contributed by atoms with E-state index in [1.165, 1.54) is 4.88 Å². The van der Waals surface area contributed by atoms with Crippen molar-refractivity contribution in [3.63, 3.8) is 0 Å². The minimum Gasteiger partial charge on any atom is -0.490 e. The Balaban J connectivity index is 0.000000191. The third-order valence-electron chi connectivity index (χ3n) is 8.42. The molecule has 45 heavy (non-hydrogen) atoms. The molecule has 2 aliphatic carbocycles. The Morgan fingerprint density at radius 3 is 2.29 bits per heavy atom. The molecule has 1 aromatic heterocycles. The molecule has 6 rings (SSSR count). The lowest BCUT2D eigenvalue weighted by Crippen LogP contribution is -2.38. The van der Waals surface area contributed by atoms with Crippen LogP contribution in [0.25, 0.3) is 10.4 Å². The molecule has 250 valence electrons. The minimum atomic E-state index is -1.61. The van der Waals surface area contributed by atoms with Gasteiger partial charge in [-0.1, -0.05) is 32.9 Å². The van der Waals surface area contributed by atoms with Crippen molar-refractivity contribution in [1.82, 2.24) is 9.88 Å². The molecule has 1 atom stereocenters. The molecular formula is C33H49FN4O6S. The summed E-state index contributed by atoms with van der Waals surface area (Å²) in [6.45, 7) is 11.3. The standard InChI is InChI=1S/C19H24N2O3S.C10H19NO2.C4H6FNO/c1-13-18(25-12-21-13)14-2-3-15(11-20)17(10-14)24-16-4-6-19(7-5-16)22-8-9-23-19;1-10(2,3)6-9(13)11-5-4-8(12)7-11;5-4(1-2-4)3(6)7/h2-3,10,12,16H,4-9,11,20H2,1H3;8,12H,4-7H2,1-3H3;1-2H2,(H2,6,7). The van der Waals surface area contributed by atoms with Crippen molar-refractivity contribution in [2.24, 2.45) is 16.9 Å². The fourth-order valence-corrected chi connectivity index (χ4v) is 6.36. The van der Waals surface area contributed by atoms with Crippen LogP contribution >= 0.6 is 11.3 Å². The number of likely N-dealkylation sites (tertiary alicyclic amines) is 1. The second-order valence-corrected chi connectivity index (χ2v) is 14.4. The first-order valence-corrected chi connectivity index (χ1v) is 16.7. The van der Waals surface area contributed by atoms with Crippen LogP contribution in [-0.2, 0) is 25.6 Å². The number of hydrogen-bond acceptors (Lipinski definition) is 9. The second-order valence-electron chi connectivity index (χ2n) is 13.6. The summed E-state index contributed by atoms with van der Waals surface area (Å²) in [6, 6.07) is 6.28. The third kappa shape index (κ3) is 9.92. The van der Waals surface area contributed by atoms with Gasteiger partial charge in [-0.3, -0.25) is 9.59 Å². The van der Waals surface area contributed by atoms with Gasteiger partial charge in [0.05, 0.1) is 41.5 Å². The molecule has 2 saturated carbocycles. The smallest absolute Gasteiger partial charge is 0.255 e. The van der Waals surface area contributed by atoms with Gasteiger partial charge in [0.2, 0.25) is 5.91 Å². The van der Waals surface area contributed by atoms with Crippen molar-refractivity contribution < 1.29 is 33.3 Å². The summed E-state index contributed by atoms with van der Waals surface area (Å²) in [4.78, 5) is 28.8. The fourth-order valence-electron chi connectivity index (χ4n) is 5.56. The van der Waals surface area contributed by atoms with Crippen LogP contribution in [0.5, 0.6) is 5.75 Å². The van der Waals surface area contributed by atoms with Crippen molar-refractivity contribution >= 4 is 23.2 Å².